The van der Waals surface area contributed by atoms with Crippen LogP contribution in [0.4, 0.5) is 0 Å². The molecule has 0 amide bonds. The summed E-state index contributed by atoms with van der Waals surface area (Å²) in [6.45, 7) is 7.49. The van der Waals surface area contributed by atoms with Crippen LogP contribution >= 0.6 is 0 Å². The lowest BCUT2D eigenvalue weighted by molar-refractivity contribution is 0.177. The highest BCUT2D eigenvalue weighted by atomic mass is 16.3. The summed E-state index contributed by atoms with van der Waals surface area (Å²) in [6, 6.07) is 3.31. The first-order chi connectivity index (χ1) is 6.89. The van der Waals surface area contributed by atoms with Crippen molar-refractivity contribution in [2.75, 3.05) is 13.6 Å². The van der Waals surface area contributed by atoms with Gasteiger partial charge < -0.3 is 10.0 Å². The van der Waals surface area contributed by atoms with Crippen molar-refractivity contribution in [3.05, 3.63) is 24.0 Å². The summed E-state index contributed by atoms with van der Waals surface area (Å²) in [7, 11) is 2.10. The number of hydrogen-bond donors (Lipinski definition) is 1. The highest BCUT2D eigenvalue weighted by molar-refractivity contribution is 5.20. The lowest BCUT2D eigenvalue weighted by Gasteiger charge is -2.31. The first kappa shape index (κ1) is 12.0. The van der Waals surface area contributed by atoms with Gasteiger partial charge in [-0.1, -0.05) is 0 Å². The van der Waals surface area contributed by atoms with Crippen LogP contribution in [0.1, 0.15) is 26.5 Å². The zero-order chi connectivity index (χ0) is 11.5. The molecule has 84 valence electrons. The predicted molar refractivity (Wildman–Crippen MR) is 62.0 cm³/mol. The van der Waals surface area contributed by atoms with E-state index in [0.29, 0.717) is 5.75 Å². The van der Waals surface area contributed by atoms with Gasteiger partial charge in [-0.05, 0) is 33.9 Å². The van der Waals surface area contributed by atoms with E-state index in [1.165, 1.54) is 0 Å². The van der Waals surface area contributed by atoms with Crippen molar-refractivity contribution in [2.45, 2.75) is 32.7 Å². The van der Waals surface area contributed by atoms with E-state index in [-0.39, 0.29) is 5.54 Å². The Morgan fingerprint density at radius 2 is 2.07 bits per heavy atom. The van der Waals surface area contributed by atoms with E-state index in [1.54, 1.807) is 18.3 Å². The van der Waals surface area contributed by atoms with Crippen molar-refractivity contribution in [1.82, 2.24) is 9.88 Å². The van der Waals surface area contributed by atoms with E-state index in [1.807, 2.05) is 0 Å². The standard InChI is InChI=1S/C12H20N2O/c1-12(2,3)14(4)8-6-10-9-11(15)5-7-13-10/h5,7,9H,6,8H2,1-4H3,(H,13,15). The van der Waals surface area contributed by atoms with E-state index < -0.39 is 0 Å². The molecule has 0 saturated heterocycles. The smallest absolute Gasteiger partial charge is 0.118 e. The first-order valence-electron chi connectivity index (χ1n) is 5.25. The number of likely N-dealkylation sites (N-methyl/N-ethyl adjacent to an activating group) is 1. The molecule has 0 saturated carbocycles. The molecule has 0 aliphatic heterocycles. The number of pyridine rings is 1. The topological polar surface area (TPSA) is 36.4 Å². The molecule has 1 rings (SSSR count). The number of hydrogen-bond acceptors (Lipinski definition) is 3. The fraction of sp³-hybridized carbons (Fsp3) is 0.583. The molecule has 1 N–H and O–H groups in total. The van der Waals surface area contributed by atoms with Crippen LogP contribution in [0.15, 0.2) is 18.3 Å². The van der Waals surface area contributed by atoms with Gasteiger partial charge in [0.1, 0.15) is 5.75 Å². The van der Waals surface area contributed by atoms with E-state index in [4.69, 9.17) is 0 Å². The minimum absolute atomic E-state index is 0.177. The molecular formula is C12H20N2O. The summed E-state index contributed by atoms with van der Waals surface area (Å²) < 4.78 is 0. The van der Waals surface area contributed by atoms with Crippen molar-refractivity contribution in [3.8, 4) is 5.75 Å². The van der Waals surface area contributed by atoms with Crippen molar-refractivity contribution in [1.29, 1.82) is 0 Å². The Labute approximate surface area is 91.8 Å². The molecule has 0 spiro atoms. The average molecular weight is 208 g/mol. The van der Waals surface area contributed by atoms with Crippen molar-refractivity contribution < 1.29 is 5.11 Å². The second-order valence-electron chi connectivity index (χ2n) is 4.85. The Hall–Kier alpha value is -1.09. The van der Waals surface area contributed by atoms with Gasteiger partial charge in [-0.2, -0.15) is 0 Å². The molecule has 0 aliphatic carbocycles. The number of rotatable bonds is 3. The highest BCUT2D eigenvalue weighted by Crippen LogP contribution is 2.12. The predicted octanol–water partition coefficient (Wildman–Crippen LogP) is 2.06. The SMILES string of the molecule is CN(CCc1cc(O)ccn1)C(C)(C)C. The summed E-state index contributed by atoms with van der Waals surface area (Å²) in [5.74, 6) is 0.290. The molecule has 0 aromatic carbocycles. The lowest BCUT2D eigenvalue weighted by Crippen LogP contribution is -2.39. The molecule has 0 unspecified atom stereocenters. The van der Waals surface area contributed by atoms with E-state index in [0.717, 1.165) is 18.7 Å². The maximum atomic E-state index is 9.28. The largest absolute Gasteiger partial charge is 0.508 e. The molecule has 0 bridgehead atoms. The number of nitrogens with zero attached hydrogens (tertiary/aromatic N) is 2. The van der Waals surface area contributed by atoms with E-state index >= 15 is 0 Å². The maximum absolute atomic E-state index is 9.28. The lowest BCUT2D eigenvalue weighted by atomic mass is 10.1. The fourth-order valence-corrected chi connectivity index (χ4v) is 1.22. The molecule has 1 aromatic heterocycles. The normalized spacial score (nSPS) is 12.1. The van der Waals surface area contributed by atoms with Gasteiger partial charge in [-0.25, -0.2) is 0 Å². The molecule has 0 fully saturated rings. The maximum Gasteiger partial charge on any atom is 0.118 e. The Bertz CT molecular complexity index is 318. The Morgan fingerprint density at radius 1 is 1.40 bits per heavy atom. The van der Waals surface area contributed by atoms with Gasteiger partial charge >= 0.3 is 0 Å². The molecule has 1 heterocycles. The Balaban J connectivity index is 2.51. The summed E-state index contributed by atoms with van der Waals surface area (Å²) in [4.78, 5) is 6.48. The third kappa shape index (κ3) is 3.88. The van der Waals surface area contributed by atoms with Crippen LogP contribution in [-0.2, 0) is 6.42 Å². The molecule has 0 radical (unpaired) electrons. The van der Waals surface area contributed by atoms with Crippen LogP contribution in [0.5, 0.6) is 5.75 Å². The molecule has 3 heteroatoms. The molecule has 1 aromatic rings. The summed E-state index contributed by atoms with van der Waals surface area (Å²) in [5, 5.41) is 9.28. The van der Waals surface area contributed by atoms with Gasteiger partial charge in [0.05, 0.1) is 0 Å². The van der Waals surface area contributed by atoms with Crippen LogP contribution < -0.4 is 0 Å². The minimum atomic E-state index is 0.177. The van der Waals surface area contributed by atoms with Gasteiger partial charge in [-0.15, -0.1) is 0 Å². The Kier molecular flexibility index (Phi) is 3.69. The van der Waals surface area contributed by atoms with Crippen molar-refractivity contribution in [3.63, 3.8) is 0 Å². The van der Waals surface area contributed by atoms with E-state index in [2.05, 4.69) is 37.7 Å². The zero-order valence-corrected chi connectivity index (χ0v) is 9.99. The Morgan fingerprint density at radius 3 is 2.60 bits per heavy atom. The summed E-state index contributed by atoms with van der Waals surface area (Å²) in [6.07, 6.45) is 2.50. The molecule has 3 nitrogen and oxygen atoms in total. The summed E-state index contributed by atoms with van der Waals surface area (Å²) in [5.41, 5.74) is 1.11. The van der Waals surface area contributed by atoms with Crippen molar-refractivity contribution in [2.24, 2.45) is 0 Å². The molecule has 0 aliphatic rings. The van der Waals surface area contributed by atoms with Gasteiger partial charge in [0, 0.05) is 36.5 Å². The first-order valence-corrected chi connectivity index (χ1v) is 5.25. The van der Waals surface area contributed by atoms with Crippen molar-refractivity contribution >= 4 is 0 Å². The van der Waals surface area contributed by atoms with Gasteiger partial charge in [-0.3, -0.25) is 4.98 Å². The van der Waals surface area contributed by atoms with Crippen LogP contribution in [0.2, 0.25) is 0 Å². The molecule has 0 atom stereocenters. The van der Waals surface area contributed by atoms with Crippen LogP contribution in [0.25, 0.3) is 0 Å². The minimum Gasteiger partial charge on any atom is -0.508 e. The number of aromatic hydroxyl groups is 1. The van der Waals surface area contributed by atoms with Crippen LogP contribution in [0.3, 0.4) is 0 Å². The monoisotopic (exact) mass is 208 g/mol. The van der Waals surface area contributed by atoms with Gasteiger partial charge in [0.25, 0.3) is 0 Å². The number of aromatic nitrogens is 1. The molecular weight excluding hydrogens is 188 g/mol. The van der Waals surface area contributed by atoms with Crippen LogP contribution in [0, 0.1) is 0 Å². The summed E-state index contributed by atoms with van der Waals surface area (Å²) >= 11 is 0. The van der Waals surface area contributed by atoms with Gasteiger partial charge in [0.2, 0.25) is 0 Å². The van der Waals surface area contributed by atoms with Crippen LogP contribution in [-0.4, -0.2) is 34.1 Å². The average Bonchev–Trinajstić information content (AvgIpc) is 2.12. The third-order valence-corrected chi connectivity index (χ3v) is 2.65. The van der Waals surface area contributed by atoms with E-state index in [9.17, 15) is 5.11 Å². The quantitative estimate of drug-likeness (QED) is 0.826. The fourth-order valence-electron chi connectivity index (χ4n) is 1.22. The molecule has 15 heavy (non-hydrogen) atoms. The second-order valence-corrected chi connectivity index (χ2v) is 4.85. The van der Waals surface area contributed by atoms with Gasteiger partial charge in [0.15, 0.2) is 0 Å². The highest BCUT2D eigenvalue weighted by Gasteiger charge is 2.16. The zero-order valence-electron chi connectivity index (χ0n) is 9.99. The third-order valence-electron chi connectivity index (χ3n) is 2.65. The second kappa shape index (κ2) is 4.62.